The van der Waals surface area contributed by atoms with Gasteiger partial charge in [0.25, 0.3) is 0 Å². The molecule has 3 rings (SSSR count). The highest BCUT2D eigenvalue weighted by atomic mass is 16.5. The third-order valence-corrected chi connectivity index (χ3v) is 4.05. The zero-order chi connectivity index (χ0) is 20.1. The summed E-state index contributed by atoms with van der Waals surface area (Å²) < 4.78 is 11.5. The van der Waals surface area contributed by atoms with Crippen molar-refractivity contribution >= 4 is 11.9 Å². The molecule has 0 radical (unpaired) electrons. The van der Waals surface area contributed by atoms with Crippen LogP contribution in [0.3, 0.4) is 0 Å². The van der Waals surface area contributed by atoms with Crippen LogP contribution >= 0.6 is 0 Å². The van der Waals surface area contributed by atoms with Gasteiger partial charge < -0.3 is 14.6 Å². The van der Waals surface area contributed by atoms with Gasteiger partial charge in [0.05, 0.1) is 31.3 Å². The molecule has 1 N–H and O–H groups in total. The van der Waals surface area contributed by atoms with Crippen molar-refractivity contribution in [1.29, 1.82) is 0 Å². The molecule has 0 atom stereocenters. The lowest BCUT2D eigenvalue weighted by Gasteiger charge is -2.09. The number of ether oxygens (including phenoxy) is 2. The monoisotopic (exact) mass is 381 g/mol. The van der Waals surface area contributed by atoms with Crippen LogP contribution in [0.25, 0.3) is 16.9 Å². The van der Waals surface area contributed by atoms with Crippen molar-refractivity contribution in [2.45, 2.75) is 13.3 Å². The highest BCUT2D eigenvalue weighted by Crippen LogP contribution is 2.25. The molecule has 0 aliphatic rings. The van der Waals surface area contributed by atoms with Crippen molar-refractivity contribution in [3.63, 3.8) is 0 Å². The smallest absolute Gasteiger partial charge is 0.356 e. The number of carbonyl (C=O) groups is 2. The van der Waals surface area contributed by atoms with Crippen molar-refractivity contribution in [2.24, 2.45) is 0 Å². The van der Waals surface area contributed by atoms with Gasteiger partial charge in [0.2, 0.25) is 5.88 Å². The molecule has 0 aliphatic carbocycles. The van der Waals surface area contributed by atoms with Crippen LogP contribution in [0.5, 0.6) is 5.88 Å². The van der Waals surface area contributed by atoms with Gasteiger partial charge in [0, 0.05) is 25.0 Å². The largest absolute Gasteiger partial charge is 0.481 e. The molecular formula is C20H19N3O5. The fourth-order valence-corrected chi connectivity index (χ4v) is 2.66. The summed E-state index contributed by atoms with van der Waals surface area (Å²) in [6, 6.07) is 12.5. The molecule has 2 heterocycles. The molecular weight excluding hydrogens is 362 g/mol. The second kappa shape index (κ2) is 8.34. The molecule has 144 valence electrons. The first-order valence-electron chi connectivity index (χ1n) is 8.54. The molecule has 8 heteroatoms. The normalized spacial score (nSPS) is 10.5. The summed E-state index contributed by atoms with van der Waals surface area (Å²) in [5, 5.41) is 13.5. The summed E-state index contributed by atoms with van der Waals surface area (Å²) >= 11 is 0. The van der Waals surface area contributed by atoms with Gasteiger partial charge in [-0.1, -0.05) is 24.3 Å². The van der Waals surface area contributed by atoms with Crippen LogP contribution in [-0.2, 0) is 16.0 Å². The summed E-state index contributed by atoms with van der Waals surface area (Å²) in [6.45, 7) is 1.69. The van der Waals surface area contributed by atoms with E-state index in [9.17, 15) is 14.7 Å². The number of methoxy groups -OCH3 is 1. The number of rotatable bonds is 7. The zero-order valence-electron chi connectivity index (χ0n) is 15.5. The van der Waals surface area contributed by atoms with Crippen molar-refractivity contribution < 1.29 is 24.2 Å². The predicted molar refractivity (Wildman–Crippen MR) is 101 cm³/mol. The molecule has 3 aromatic rings. The highest BCUT2D eigenvalue weighted by Gasteiger charge is 2.16. The van der Waals surface area contributed by atoms with Crippen molar-refractivity contribution in [1.82, 2.24) is 14.8 Å². The second-order valence-corrected chi connectivity index (χ2v) is 5.98. The minimum absolute atomic E-state index is 0.0650. The Morgan fingerprint density at radius 2 is 1.89 bits per heavy atom. The Labute approximate surface area is 161 Å². The Balaban J connectivity index is 1.91. The molecule has 0 saturated carbocycles. The van der Waals surface area contributed by atoms with E-state index in [0.29, 0.717) is 30.3 Å². The van der Waals surface area contributed by atoms with Crippen LogP contribution in [-0.4, -0.2) is 45.5 Å². The summed E-state index contributed by atoms with van der Waals surface area (Å²) in [5.74, 6) is -0.970. The predicted octanol–water partition coefficient (Wildman–Crippen LogP) is 2.75. The maximum atomic E-state index is 11.4. The van der Waals surface area contributed by atoms with E-state index in [1.807, 2.05) is 24.3 Å². The summed E-state index contributed by atoms with van der Waals surface area (Å²) in [7, 11) is 1.52. The molecule has 0 amide bonds. The average molecular weight is 381 g/mol. The van der Waals surface area contributed by atoms with Gasteiger partial charge >= 0.3 is 11.9 Å². The topological polar surface area (TPSA) is 104 Å². The van der Waals surface area contributed by atoms with Gasteiger partial charge in [0.15, 0.2) is 5.69 Å². The molecule has 0 fully saturated rings. The molecule has 0 spiro atoms. The Morgan fingerprint density at radius 3 is 2.46 bits per heavy atom. The standard InChI is InChI=1S/C20H19N3O5/c1-13(24)28-10-9-14-3-5-15(6-4-14)18-11-17(20(25)26)22-23(18)16-7-8-19(27-2)21-12-16/h3-8,11-12H,9-10H2,1-2H3,(H,25,26). The number of pyridine rings is 1. The van der Waals surface area contributed by atoms with Gasteiger partial charge in [-0.3, -0.25) is 4.79 Å². The van der Waals surface area contributed by atoms with Crippen LogP contribution in [0.15, 0.2) is 48.7 Å². The van der Waals surface area contributed by atoms with E-state index in [4.69, 9.17) is 9.47 Å². The zero-order valence-corrected chi connectivity index (χ0v) is 15.5. The fraction of sp³-hybridized carbons (Fsp3) is 0.200. The Bertz CT molecular complexity index is 978. The van der Waals surface area contributed by atoms with Crippen LogP contribution in [0.2, 0.25) is 0 Å². The number of aromatic nitrogens is 3. The van der Waals surface area contributed by atoms with E-state index in [0.717, 1.165) is 11.1 Å². The maximum Gasteiger partial charge on any atom is 0.356 e. The van der Waals surface area contributed by atoms with Crippen molar-refractivity contribution in [2.75, 3.05) is 13.7 Å². The van der Waals surface area contributed by atoms with Crippen LogP contribution < -0.4 is 4.74 Å². The minimum Gasteiger partial charge on any atom is -0.481 e. The number of carbonyl (C=O) groups excluding carboxylic acids is 1. The number of aromatic carboxylic acids is 1. The lowest BCUT2D eigenvalue weighted by Crippen LogP contribution is -2.04. The molecule has 0 bridgehead atoms. The van der Waals surface area contributed by atoms with Gasteiger partial charge in [-0.2, -0.15) is 5.10 Å². The Hall–Kier alpha value is -3.68. The summed E-state index contributed by atoms with van der Waals surface area (Å²) in [4.78, 5) is 26.4. The minimum atomic E-state index is -1.11. The Kier molecular flexibility index (Phi) is 5.69. The van der Waals surface area contributed by atoms with Gasteiger partial charge in [-0.25, -0.2) is 14.5 Å². The molecule has 1 aromatic carbocycles. The quantitative estimate of drug-likeness (QED) is 0.628. The lowest BCUT2D eigenvalue weighted by molar-refractivity contribution is -0.140. The van der Waals surface area contributed by atoms with Gasteiger partial charge in [-0.15, -0.1) is 0 Å². The molecule has 28 heavy (non-hydrogen) atoms. The van der Waals surface area contributed by atoms with E-state index in [-0.39, 0.29) is 11.7 Å². The lowest BCUT2D eigenvalue weighted by atomic mass is 10.1. The van der Waals surface area contributed by atoms with E-state index < -0.39 is 5.97 Å². The molecule has 0 unspecified atom stereocenters. The molecule has 0 saturated heterocycles. The number of nitrogens with zero attached hydrogens (tertiary/aromatic N) is 3. The molecule has 8 nitrogen and oxygen atoms in total. The number of hydrogen-bond donors (Lipinski definition) is 1. The van der Waals surface area contributed by atoms with Crippen LogP contribution in [0, 0.1) is 0 Å². The molecule has 2 aromatic heterocycles. The summed E-state index contributed by atoms with van der Waals surface area (Å²) in [5.41, 5.74) is 2.97. The third kappa shape index (κ3) is 4.35. The van der Waals surface area contributed by atoms with Crippen molar-refractivity contribution in [3.8, 4) is 22.8 Å². The number of carboxylic acids is 1. The van der Waals surface area contributed by atoms with E-state index in [1.54, 1.807) is 18.3 Å². The number of esters is 1. The van der Waals surface area contributed by atoms with Crippen LogP contribution in [0.4, 0.5) is 0 Å². The third-order valence-electron chi connectivity index (χ3n) is 4.05. The Morgan fingerprint density at radius 1 is 1.14 bits per heavy atom. The fourth-order valence-electron chi connectivity index (χ4n) is 2.66. The maximum absolute atomic E-state index is 11.4. The van der Waals surface area contributed by atoms with Gasteiger partial charge in [0.1, 0.15) is 0 Å². The van der Waals surface area contributed by atoms with E-state index >= 15 is 0 Å². The first-order valence-corrected chi connectivity index (χ1v) is 8.54. The number of benzene rings is 1. The van der Waals surface area contributed by atoms with E-state index in [1.165, 1.54) is 24.8 Å². The average Bonchev–Trinajstić information content (AvgIpc) is 3.14. The van der Waals surface area contributed by atoms with E-state index in [2.05, 4.69) is 10.1 Å². The highest BCUT2D eigenvalue weighted by molar-refractivity contribution is 5.87. The van der Waals surface area contributed by atoms with Crippen molar-refractivity contribution in [3.05, 3.63) is 59.9 Å². The van der Waals surface area contributed by atoms with Crippen LogP contribution in [0.1, 0.15) is 23.0 Å². The van der Waals surface area contributed by atoms with Gasteiger partial charge in [-0.05, 0) is 17.7 Å². The number of hydrogen-bond acceptors (Lipinski definition) is 6. The molecule has 0 aliphatic heterocycles. The second-order valence-electron chi connectivity index (χ2n) is 5.98. The first kappa shape index (κ1) is 19.1. The summed E-state index contributed by atoms with van der Waals surface area (Å²) in [6.07, 6.45) is 2.16. The first-order chi connectivity index (χ1) is 13.5. The number of carboxylic acid groups (broad SMARTS) is 1. The SMILES string of the molecule is COc1ccc(-n2nc(C(=O)O)cc2-c2ccc(CCOC(C)=O)cc2)cn1.